The lowest BCUT2D eigenvalue weighted by molar-refractivity contribution is 0.0324. The van der Waals surface area contributed by atoms with Gasteiger partial charge in [-0.25, -0.2) is 0 Å². The number of hydrogen-bond acceptors (Lipinski definition) is 3. The highest BCUT2D eigenvalue weighted by Crippen LogP contribution is 2.15. The molecular weight excluding hydrogens is 106 g/mol. The van der Waals surface area contributed by atoms with E-state index in [0.717, 1.165) is 13.1 Å². The van der Waals surface area contributed by atoms with Gasteiger partial charge in [-0.05, 0) is 0 Å². The van der Waals surface area contributed by atoms with Crippen LogP contribution >= 0.6 is 0 Å². The monoisotopic (exact) mass is 115 g/mol. The predicted molar refractivity (Wildman–Crippen MR) is 27.5 cm³/mol. The Bertz CT molecular complexity index is 76.4. The molecule has 0 bridgehead atoms. The topological polar surface area (TPSA) is 30.5 Å². The van der Waals surface area contributed by atoms with Crippen LogP contribution in [0.3, 0.4) is 0 Å². The SMILES string of the molecule is C1O[C@@H]2CNC[C@H]2O1. The molecule has 2 aliphatic heterocycles. The summed E-state index contributed by atoms with van der Waals surface area (Å²) in [5, 5.41) is 3.17. The molecule has 3 heteroatoms. The highest BCUT2D eigenvalue weighted by molar-refractivity contribution is 4.84. The van der Waals surface area contributed by atoms with Crippen molar-refractivity contribution in [3.05, 3.63) is 0 Å². The van der Waals surface area contributed by atoms with Gasteiger partial charge in [0.15, 0.2) is 0 Å². The van der Waals surface area contributed by atoms with Crippen molar-refractivity contribution in [2.75, 3.05) is 19.9 Å². The van der Waals surface area contributed by atoms with Crippen molar-refractivity contribution >= 4 is 0 Å². The van der Waals surface area contributed by atoms with Crippen LogP contribution < -0.4 is 5.32 Å². The highest BCUT2D eigenvalue weighted by atomic mass is 16.7. The Labute approximate surface area is 48.0 Å². The molecule has 0 unspecified atom stereocenters. The van der Waals surface area contributed by atoms with Crippen LogP contribution in [0.15, 0.2) is 0 Å². The van der Waals surface area contributed by atoms with E-state index < -0.39 is 0 Å². The molecule has 46 valence electrons. The average molecular weight is 115 g/mol. The van der Waals surface area contributed by atoms with Gasteiger partial charge in [0.1, 0.15) is 19.0 Å². The van der Waals surface area contributed by atoms with E-state index in [-0.39, 0.29) is 0 Å². The largest absolute Gasteiger partial charge is 0.348 e. The quantitative estimate of drug-likeness (QED) is 0.454. The second-order valence-corrected chi connectivity index (χ2v) is 2.19. The van der Waals surface area contributed by atoms with Crippen molar-refractivity contribution < 1.29 is 9.47 Å². The number of fused-ring (bicyclic) bond motifs is 1. The number of nitrogens with one attached hydrogen (secondary N) is 1. The summed E-state index contributed by atoms with van der Waals surface area (Å²) in [5.41, 5.74) is 0. The van der Waals surface area contributed by atoms with Gasteiger partial charge in [0.2, 0.25) is 0 Å². The number of rotatable bonds is 0. The molecule has 1 N–H and O–H groups in total. The molecule has 0 radical (unpaired) electrons. The average Bonchev–Trinajstić information content (AvgIpc) is 2.15. The third-order valence-electron chi connectivity index (χ3n) is 1.67. The first-order valence-corrected chi connectivity index (χ1v) is 2.91. The Kier molecular flexibility index (Phi) is 0.997. The standard InChI is InChI=1S/C5H9NO2/c1-4-5(2-6-1)8-3-7-4/h4-6H,1-3H2/t4-,5-/m1/s1. The summed E-state index contributed by atoms with van der Waals surface area (Å²) in [6.45, 7) is 2.42. The minimum atomic E-state index is 0.343. The van der Waals surface area contributed by atoms with E-state index in [1.54, 1.807) is 0 Å². The zero-order chi connectivity index (χ0) is 5.40. The molecule has 0 aromatic heterocycles. The smallest absolute Gasteiger partial charge is 0.147 e. The Morgan fingerprint density at radius 2 is 1.75 bits per heavy atom. The lowest BCUT2D eigenvalue weighted by Crippen LogP contribution is -2.18. The minimum absolute atomic E-state index is 0.343. The van der Waals surface area contributed by atoms with E-state index in [1.807, 2.05) is 0 Å². The van der Waals surface area contributed by atoms with Crippen molar-refractivity contribution in [3.8, 4) is 0 Å². The van der Waals surface area contributed by atoms with Gasteiger partial charge in [-0.3, -0.25) is 0 Å². The Morgan fingerprint density at radius 1 is 1.12 bits per heavy atom. The molecule has 2 saturated heterocycles. The van der Waals surface area contributed by atoms with Crippen molar-refractivity contribution in [1.29, 1.82) is 0 Å². The normalized spacial score (nSPS) is 45.0. The summed E-state index contributed by atoms with van der Waals surface area (Å²) >= 11 is 0. The van der Waals surface area contributed by atoms with E-state index >= 15 is 0 Å². The van der Waals surface area contributed by atoms with Crippen molar-refractivity contribution in [2.24, 2.45) is 0 Å². The molecule has 0 amide bonds. The maximum absolute atomic E-state index is 5.19. The van der Waals surface area contributed by atoms with Crippen LogP contribution in [-0.2, 0) is 9.47 Å². The fraction of sp³-hybridized carbons (Fsp3) is 1.00. The van der Waals surface area contributed by atoms with Gasteiger partial charge in [0.25, 0.3) is 0 Å². The number of hydrogen-bond donors (Lipinski definition) is 1. The molecule has 0 aromatic rings. The van der Waals surface area contributed by atoms with Crippen molar-refractivity contribution in [2.45, 2.75) is 12.2 Å². The van der Waals surface area contributed by atoms with E-state index in [4.69, 9.17) is 9.47 Å². The van der Waals surface area contributed by atoms with Gasteiger partial charge in [0, 0.05) is 13.1 Å². The molecule has 0 aromatic carbocycles. The molecule has 8 heavy (non-hydrogen) atoms. The second kappa shape index (κ2) is 1.69. The lowest BCUT2D eigenvalue weighted by Gasteiger charge is -2.00. The highest BCUT2D eigenvalue weighted by Gasteiger charge is 2.33. The van der Waals surface area contributed by atoms with Crippen LogP contribution in [0.5, 0.6) is 0 Å². The first-order valence-electron chi connectivity index (χ1n) is 2.91. The molecule has 2 fully saturated rings. The zero-order valence-corrected chi connectivity index (χ0v) is 4.59. The molecule has 2 aliphatic rings. The molecule has 2 rings (SSSR count). The van der Waals surface area contributed by atoms with Crippen molar-refractivity contribution in [1.82, 2.24) is 5.32 Å². The Hall–Kier alpha value is -0.120. The minimum Gasteiger partial charge on any atom is -0.348 e. The Balaban J connectivity index is 2.04. The van der Waals surface area contributed by atoms with Crippen LogP contribution in [0.4, 0.5) is 0 Å². The van der Waals surface area contributed by atoms with Gasteiger partial charge in [0.05, 0.1) is 0 Å². The third kappa shape index (κ3) is 0.555. The van der Waals surface area contributed by atoms with Gasteiger partial charge < -0.3 is 14.8 Å². The van der Waals surface area contributed by atoms with Crippen LogP contribution in [0, 0.1) is 0 Å². The van der Waals surface area contributed by atoms with E-state index in [0.29, 0.717) is 19.0 Å². The first-order chi connectivity index (χ1) is 3.97. The molecule has 2 atom stereocenters. The zero-order valence-electron chi connectivity index (χ0n) is 4.59. The maximum atomic E-state index is 5.19. The summed E-state index contributed by atoms with van der Waals surface area (Å²) in [5.74, 6) is 0. The predicted octanol–water partition coefficient (Wildman–Crippen LogP) is -0.669. The van der Waals surface area contributed by atoms with E-state index in [9.17, 15) is 0 Å². The first kappa shape index (κ1) is 4.73. The fourth-order valence-electron chi connectivity index (χ4n) is 1.18. The van der Waals surface area contributed by atoms with Crippen LogP contribution in [0.1, 0.15) is 0 Å². The molecule has 2 heterocycles. The molecule has 0 spiro atoms. The van der Waals surface area contributed by atoms with Crippen LogP contribution in [-0.4, -0.2) is 32.1 Å². The maximum Gasteiger partial charge on any atom is 0.147 e. The molecule has 0 saturated carbocycles. The number of ether oxygens (including phenoxy) is 2. The Morgan fingerprint density at radius 3 is 2.38 bits per heavy atom. The summed E-state index contributed by atoms with van der Waals surface area (Å²) in [6.07, 6.45) is 0.685. The summed E-state index contributed by atoms with van der Waals surface area (Å²) in [7, 11) is 0. The van der Waals surface area contributed by atoms with Crippen molar-refractivity contribution in [3.63, 3.8) is 0 Å². The van der Waals surface area contributed by atoms with Gasteiger partial charge in [-0.2, -0.15) is 0 Å². The fourth-order valence-corrected chi connectivity index (χ4v) is 1.18. The van der Waals surface area contributed by atoms with Gasteiger partial charge in [-0.15, -0.1) is 0 Å². The van der Waals surface area contributed by atoms with Crippen LogP contribution in [0.2, 0.25) is 0 Å². The molecular formula is C5H9NO2. The third-order valence-corrected chi connectivity index (χ3v) is 1.67. The second-order valence-electron chi connectivity index (χ2n) is 2.19. The van der Waals surface area contributed by atoms with Crippen LogP contribution in [0.25, 0.3) is 0 Å². The van der Waals surface area contributed by atoms with E-state index in [1.165, 1.54) is 0 Å². The molecule has 0 aliphatic carbocycles. The van der Waals surface area contributed by atoms with Gasteiger partial charge >= 0.3 is 0 Å². The van der Waals surface area contributed by atoms with Gasteiger partial charge in [-0.1, -0.05) is 0 Å². The summed E-state index contributed by atoms with van der Waals surface area (Å²) in [6, 6.07) is 0. The molecule has 3 nitrogen and oxygen atoms in total. The summed E-state index contributed by atoms with van der Waals surface area (Å²) < 4.78 is 10.4. The summed E-state index contributed by atoms with van der Waals surface area (Å²) in [4.78, 5) is 0. The van der Waals surface area contributed by atoms with E-state index in [2.05, 4.69) is 5.32 Å². The lowest BCUT2D eigenvalue weighted by atomic mass is 10.3.